The van der Waals surface area contributed by atoms with Crippen LogP contribution in [0.25, 0.3) is 0 Å². The van der Waals surface area contributed by atoms with Gasteiger partial charge in [0.25, 0.3) is 0 Å². The van der Waals surface area contributed by atoms with E-state index in [4.69, 9.17) is 0 Å². The predicted molar refractivity (Wildman–Crippen MR) is 83.7 cm³/mol. The Kier molecular flexibility index (Phi) is 5.83. The van der Waals surface area contributed by atoms with Gasteiger partial charge in [0.2, 0.25) is 0 Å². The fourth-order valence-electron chi connectivity index (χ4n) is 2.13. The number of rotatable bonds is 6. The molecule has 0 fully saturated rings. The second-order valence-corrected chi connectivity index (χ2v) is 5.93. The first-order chi connectivity index (χ1) is 9.72. The summed E-state index contributed by atoms with van der Waals surface area (Å²) in [5.41, 5.74) is 0.455. The van der Waals surface area contributed by atoms with E-state index < -0.39 is 0 Å². The number of hydroxylamine groups is 2. The smallest absolute Gasteiger partial charge is 0.127 e. The Bertz CT molecular complexity index is 501. The highest BCUT2D eigenvalue weighted by atomic mass is 32.2. The van der Waals surface area contributed by atoms with Crippen LogP contribution in [0.2, 0.25) is 0 Å². The highest BCUT2D eigenvalue weighted by molar-refractivity contribution is 8.03. The third-order valence-electron chi connectivity index (χ3n) is 3.19. The van der Waals surface area contributed by atoms with Gasteiger partial charge in [0.15, 0.2) is 0 Å². The van der Waals surface area contributed by atoms with E-state index in [1.807, 2.05) is 18.2 Å². The largest absolute Gasteiger partial charge is 0.784 e. The lowest BCUT2D eigenvalue weighted by atomic mass is 10.1. The zero-order valence-electron chi connectivity index (χ0n) is 11.6. The minimum Gasteiger partial charge on any atom is -0.784 e. The summed E-state index contributed by atoms with van der Waals surface area (Å²) in [6.45, 7) is 2.21. The molecule has 0 N–H and O–H groups in total. The molecule has 4 heteroatoms. The van der Waals surface area contributed by atoms with Gasteiger partial charge < -0.3 is 10.3 Å². The average molecular weight is 292 g/mol. The maximum Gasteiger partial charge on any atom is 0.127 e. The first kappa shape index (κ1) is 15.3. The van der Waals surface area contributed by atoms with Crippen LogP contribution in [0.15, 0.2) is 47.4 Å². The van der Waals surface area contributed by atoms with Crippen molar-refractivity contribution < 1.29 is 4.39 Å². The molecule has 1 aliphatic rings. The van der Waals surface area contributed by atoms with Crippen LogP contribution in [0.1, 0.15) is 25.3 Å². The molecule has 0 saturated carbocycles. The van der Waals surface area contributed by atoms with Crippen molar-refractivity contribution in [2.24, 2.45) is 0 Å². The van der Waals surface area contributed by atoms with Crippen LogP contribution in [-0.2, 0) is 6.54 Å². The third-order valence-corrected chi connectivity index (χ3v) is 4.54. The average Bonchev–Trinajstić information content (AvgIpc) is 2.47. The molecule has 0 aliphatic heterocycles. The van der Waals surface area contributed by atoms with E-state index in [2.05, 4.69) is 6.92 Å². The van der Waals surface area contributed by atoms with Crippen LogP contribution >= 0.6 is 11.8 Å². The van der Waals surface area contributed by atoms with Crippen molar-refractivity contribution >= 4 is 11.8 Å². The van der Waals surface area contributed by atoms with Crippen molar-refractivity contribution in [3.8, 4) is 0 Å². The summed E-state index contributed by atoms with van der Waals surface area (Å²) in [6, 6.07) is 6.28. The Balaban J connectivity index is 2.04. The van der Waals surface area contributed by atoms with Crippen LogP contribution in [0.4, 0.5) is 4.39 Å². The van der Waals surface area contributed by atoms with Crippen molar-refractivity contribution in [2.75, 3.05) is 5.75 Å². The fraction of sp³-hybridized carbons (Fsp3) is 0.375. The van der Waals surface area contributed by atoms with Crippen LogP contribution < -0.4 is 0 Å². The number of nitrogens with zero attached hydrogens (tertiary/aromatic N) is 1. The van der Waals surface area contributed by atoms with Gasteiger partial charge in [-0.3, -0.25) is 0 Å². The van der Waals surface area contributed by atoms with Gasteiger partial charge in [0.1, 0.15) is 5.82 Å². The molecule has 1 atom stereocenters. The zero-order valence-corrected chi connectivity index (χ0v) is 12.4. The molecule has 2 rings (SSSR count). The van der Waals surface area contributed by atoms with Gasteiger partial charge in [-0.15, -0.1) is 11.8 Å². The van der Waals surface area contributed by atoms with Crippen LogP contribution in [-0.4, -0.2) is 16.9 Å². The van der Waals surface area contributed by atoms with Crippen LogP contribution in [0.3, 0.4) is 0 Å². The van der Waals surface area contributed by atoms with Crippen molar-refractivity contribution in [3.05, 3.63) is 64.0 Å². The summed E-state index contributed by atoms with van der Waals surface area (Å²) >= 11 is 1.72. The normalized spacial score (nSPS) is 18.4. The van der Waals surface area contributed by atoms with Crippen LogP contribution in [0, 0.1) is 11.0 Å². The molecule has 0 spiro atoms. The Labute approximate surface area is 123 Å². The summed E-state index contributed by atoms with van der Waals surface area (Å²) in [5, 5.41) is 13.4. The molecule has 1 aromatic rings. The number of hydrogen-bond acceptors (Lipinski definition) is 3. The highest BCUT2D eigenvalue weighted by Gasteiger charge is 2.18. The lowest BCUT2D eigenvalue weighted by Gasteiger charge is -2.39. The molecule has 1 unspecified atom stereocenters. The monoisotopic (exact) mass is 292 g/mol. The van der Waals surface area contributed by atoms with Gasteiger partial charge in [-0.25, -0.2) is 4.39 Å². The van der Waals surface area contributed by atoms with Gasteiger partial charge in [-0.2, -0.15) is 0 Å². The predicted octanol–water partition coefficient (Wildman–Crippen LogP) is 4.48. The highest BCUT2D eigenvalue weighted by Crippen LogP contribution is 2.30. The fourth-order valence-corrected chi connectivity index (χ4v) is 3.15. The lowest BCUT2D eigenvalue weighted by molar-refractivity contribution is 0.304. The summed E-state index contributed by atoms with van der Waals surface area (Å²) in [5.74, 6) is 0.690. The number of allylic oxidation sites excluding steroid dienone is 2. The molecule has 0 saturated heterocycles. The maximum atomic E-state index is 13.6. The van der Waals surface area contributed by atoms with Crippen molar-refractivity contribution in [3.63, 3.8) is 0 Å². The lowest BCUT2D eigenvalue weighted by Crippen LogP contribution is -2.31. The SMILES string of the molecule is CCCSC1=CC=CCC1N([O-])Cc1ccccc1F. The van der Waals surface area contributed by atoms with Gasteiger partial charge in [-0.1, -0.05) is 43.4 Å². The van der Waals surface area contributed by atoms with Crippen molar-refractivity contribution in [1.29, 1.82) is 0 Å². The Morgan fingerprint density at radius 1 is 1.40 bits per heavy atom. The van der Waals surface area contributed by atoms with E-state index >= 15 is 0 Å². The summed E-state index contributed by atoms with van der Waals surface area (Å²) in [7, 11) is 0. The molecule has 1 aliphatic carbocycles. The van der Waals surface area contributed by atoms with Crippen molar-refractivity contribution in [1.82, 2.24) is 5.06 Å². The Morgan fingerprint density at radius 3 is 2.95 bits per heavy atom. The minimum absolute atomic E-state index is 0.0925. The molecule has 0 heterocycles. The Hall–Kier alpha value is -1.10. The standard InChI is InChI=1S/C16H19FNOS/c1-2-11-20-16-10-6-5-9-15(16)18(19)12-13-7-3-4-8-14(13)17/h3-8,10,15H,2,9,11-12H2,1H3/q-1. The second-order valence-electron chi connectivity index (χ2n) is 4.76. The summed E-state index contributed by atoms with van der Waals surface area (Å²) in [4.78, 5) is 1.08. The molecule has 0 aromatic heterocycles. The van der Waals surface area contributed by atoms with Crippen LogP contribution in [0.5, 0.6) is 0 Å². The molecular weight excluding hydrogens is 273 g/mol. The van der Waals surface area contributed by atoms with Crippen molar-refractivity contribution in [2.45, 2.75) is 32.4 Å². The second kappa shape index (κ2) is 7.62. The molecule has 0 amide bonds. The summed E-state index contributed by atoms with van der Waals surface area (Å²) in [6.07, 6.45) is 7.75. The number of hydrogen-bond donors (Lipinski definition) is 0. The molecule has 0 radical (unpaired) electrons. The number of thioether (sulfide) groups is 1. The Morgan fingerprint density at radius 2 is 2.20 bits per heavy atom. The third kappa shape index (κ3) is 3.95. The maximum absolute atomic E-state index is 13.6. The van der Waals surface area contributed by atoms with E-state index in [-0.39, 0.29) is 18.4 Å². The van der Waals surface area contributed by atoms with Gasteiger partial charge >= 0.3 is 0 Å². The van der Waals surface area contributed by atoms with E-state index in [0.717, 1.165) is 22.1 Å². The summed E-state index contributed by atoms with van der Waals surface area (Å²) < 4.78 is 13.6. The molecule has 2 nitrogen and oxygen atoms in total. The topological polar surface area (TPSA) is 26.3 Å². The van der Waals surface area contributed by atoms with Gasteiger partial charge in [-0.05, 0) is 24.7 Å². The molecule has 20 heavy (non-hydrogen) atoms. The van der Waals surface area contributed by atoms with E-state index in [1.165, 1.54) is 6.07 Å². The zero-order chi connectivity index (χ0) is 14.4. The molecule has 108 valence electrons. The van der Waals surface area contributed by atoms with E-state index in [0.29, 0.717) is 12.0 Å². The van der Waals surface area contributed by atoms with E-state index in [1.54, 1.807) is 30.0 Å². The minimum atomic E-state index is -0.313. The first-order valence-electron chi connectivity index (χ1n) is 6.89. The first-order valence-corrected chi connectivity index (χ1v) is 7.87. The molecule has 0 bridgehead atoms. The van der Waals surface area contributed by atoms with Gasteiger partial charge in [0.05, 0.1) is 0 Å². The number of halogens is 1. The van der Waals surface area contributed by atoms with E-state index in [9.17, 15) is 9.60 Å². The quantitative estimate of drug-likeness (QED) is 0.723. The molecular formula is C16H19FNOS-. The molecule has 1 aromatic carbocycles. The van der Waals surface area contributed by atoms with Gasteiger partial charge in [0, 0.05) is 23.1 Å². The number of benzene rings is 1.